The van der Waals surface area contributed by atoms with Crippen LogP contribution >= 0.6 is 0 Å². The molecule has 2 unspecified atom stereocenters. The first-order chi connectivity index (χ1) is 7.99. The molecule has 1 aliphatic rings. The summed E-state index contributed by atoms with van der Waals surface area (Å²) in [4.78, 5) is 13.4. The molecule has 1 saturated heterocycles. The van der Waals surface area contributed by atoms with Gasteiger partial charge in [0.05, 0.1) is 6.61 Å². The van der Waals surface area contributed by atoms with Crippen LogP contribution in [0.3, 0.4) is 0 Å². The molecule has 0 spiro atoms. The first-order valence-corrected chi connectivity index (χ1v) is 6.26. The zero-order valence-electron chi connectivity index (χ0n) is 11.0. The smallest absolute Gasteiger partial charge is 0.324 e. The summed E-state index contributed by atoms with van der Waals surface area (Å²) in [7, 11) is 1.97. The van der Waals surface area contributed by atoms with Crippen molar-refractivity contribution in [1.29, 1.82) is 0 Å². The minimum Gasteiger partial charge on any atom is -0.480 e. The minimum atomic E-state index is -0.882. The van der Waals surface area contributed by atoms with Gasteiger partial charge in [-0.1, -0.05) is 6.92 Å². The maximum absolute atomic E-state index is 11.4. The van der Waals surface area contributed by atoms with Gasteiger partial charge >= 0.3 is 5.97 Å². The highest BCUT2D eigenvalue weighted by Crippen LogP contribution is 2.14. The normalized spacial score (nSPS) is 23.9. The molecular formula is C12H24N2O3. The molecule has 1 aliphatic heterocycles. The van der Waals surface area contributed by atoms with Crippen LogP contribution in [0.2, 0.25) is 0 Å². The number of nitrogens with one attached hydrogen (secondary N) is 1. The Bertz CT molecular complexity index is 254. The first-order valence-electron chi connectivity index (χ1n) is 6.26. The first kappa shape index (κ1) is 14.4. The maximum atomic E-state index is 11.4. The van der Waals surface area contributed by atoms with Gasteiger partial charge in [-0.05, 0) is 33.4 Å². The van der Waals surface area contributed by atoms with E-state index in [1.807, 2.05) is 14.0 Å². The van der Waals surface area contributed by atoms with E-state index in [0.717, 1.165) is 26.0 Å². The van der Waals surface area contributed by atoms with Crippen LogP contribution in [0.15, 0.2) is 0 Å². The molecule has 0 aromatic rings. The van der Waals surface area contributed by atoms with E-state index in [4.69, 9.17) is 4.74 Å². The summed E-state index contributed by atoms with van der Waals surface area (Å²) >= 11 is 0. The van der Waals surface area contributed by atoms with Gasteiger partial charge in [-0.25, -0.2) is 0 Å². The van der Waals surface area contributed by atoms with Crippen molar-refractivity contribution in [2.24, 2.45) is 0 Å². The van der Waals surface area contributed by atoms with Gasteiger partial charge < -0.3 is 15.2 Å². The second-order valence-electron chi connectivity index (χ2n) is 5.00. The second kappa shape index (κ2) is 6.33. The van der Waals surface area contributed by atoms with Crippen LogP contribution in [-0.2, 0) is 9.53 Å². The number of ether oxygens (including phenoxy) is 1. The second-order valence-corrected chi connectivity index (χ2v) is 5.00. The molecule has 0 aromatic heterocycles. The molecule has 100 valence electrons. The molecule has 0 amide bonds. The Labute approximate surface area is 103 Å². The Morgan fingerprint density at radius 3 is 2.82 bits per heavy atom. The zero-order valence-corrected chi connectivity index (χ0v) is 11.0. The SMILES string of the molecule is CCCNC(C)(CN(C)C1CCOC1)C(=O)O. The van der Waals surface area contributed by atoms with E-state index in [2.05, 4.69) is 10.2 Å². The van der Waals surface area contributed by atoms with Crippen LogP contribution in [0.4, 0.5) is 0 Å². The third-order valence-electron chi connectivity index (χ3n) is 3.33. The summed E-state index contributed by atoms with van der Waals surface area (Å²) in [6.07, 6.45) is 1.92. The summed E-state index contributed by atoms with van der Waals surface area (Å²) in [5.41, 5.74) is -0.882. The fourth-order valence-electron chi connectivity index (χ4n) is 2.10. The molecule has 1 rings (SSSR count). The van der Waals surface area contributed by atoms with Crippen molar-refractivity contribution in [2.75, 3.05) is 33.4 Å². The van der Waals surface area contributed by atoms with Crippen LogP contribution in [0, 0.1) is 0 Å². The third-order valence-corrected chi connectivity index (χ3v) is 3.33. The molecule has 17 heavy (non-hydrogen) atoms. The van der Waals surface area contributed by atoms with Crippen molar-refractivity contribution in [1.82, 2.24) is 10.2 Å². The van der Waals surface area contributed by atoms with E-state index in [1.165, 1.54) is 0 Å². The van der Waals surface area contributed by atoms with Gasteiger partial charge in [-0.2, -0.15) is 0 Å². The molecule has 2 N–H and O–H groups in total. The van der Waals surface area contributed by atoms with Crippen LogP contribution in [0.1, 0.15) is 26.7 Å². The Kier molecular flexibility index (Phi) is 5.36. The molecule has 2 atom stereocenters. The predicted octanol–water partition coefficient (Wildman–Crippen LogP) is 0.550. The highest BCUT2D eigenvalue weighted by atomic mass is 16.5. The van der Waals surface area contributed by atoms with E-state index in [-0.39, 0.29) is 0 Å². The molecule has 5 heteroatoms. The van der Waals surface area contributed by atoms with E-state index in [9.17, 15) is 9.90 Å². The fraction of sp³-hybridized carbons (Fsp3) is 0.917. The van der Waals surface area contributed by atoms with Crippen molar-refractivity contribution in [2.45, 2.75) is 38.3 Å². The molecule has 1 heterocycles. The van der Waals surface area contributed by atoms with E-state index in [1.54, 1.807) is 6.92 Å². The predicted molar refractivity (Wildman–Crippen MR) is 66.2 cm³/mol. The average molecular weight is 244 g/mol. The Morgan fingerprint density at radius 2 is 2.35 bits per heavy atom. The molecule has 0 bridgehead atoms. The van der Waals surface area contributed by atoms with Gasteiger partial charge in [0, 0.05) is 19.2 Å². The highest BCUT2D eigenvalue weighted by molar-refractivity contribution is 5.78. The van der Waals surface area contributed by atoms with Crippen molar-refractivity contribution in [3.05, 3.63) is 0 Å². The quantitative estimate of drug-likeness (QED) is 0.685. The molecule has 1 fully saturated rings. The Balaban J connectivity index is 2.55. The largest absolute Gasteiger partial charge is 0.480 e. The highest BCUT2D eigenvalue weighted by Gasteiger charge is 2.35. The molecule has 5 nitrogen and oxygen atoms in total. The number of nitrogens with zero attached hydrogens (tertiary/aromatic N) is 1. The topological polar surface area (TPSA) is 61.8 Å². The summed E-state index contributed by atoms with van der Waals surface area (Å²) in [6.45, 7) is 6.48. The van der Waals surface area contributed by atoms with Gasteiger partial charge in [-0.3, -0.25) is 9.69 Å². The van der Waals surface area contributed by atoms with Crippen LogP contribution in [0.5, 0.6) is 0 Å². The summed E-state index contributed by atoms with van der Waals surface area (Å²) in [5, 5.41) is 12.4. The third kappa shape index (κ3) is 3.94. The van der Waals surface area contributed by atoms with E-state index >= 15 is 0 Å². The number of rotatable bonds is 7. The Morgan fingerprint density at radius 1 is 1.65 bits per heavy atom. The molecule has 0 aliphatic carbocycles. The monoisotopic (exact) mass is 244 g/mol. The number of likely N-dealkylation sites (N-methyl/N-ethyl adjacent to an activating group) is 1. The minimum absolute atomic E-state index is 0.345. The van der Waals surface area contributed by atoms with Crippen molar-refractivity contribution in [3.63, 3.8) is 0 Å². The average Bonchev–Trinajstić information content (AvgIpc) is 2.79. The summed E-state index contributed by atoms with van der Waals surface area (Å²) in [6, 6.07) is 0.345. The lowest BCUT2D eigenvalue weighted by Crippen LogP contribution is -2.58. The van der Waals surface area contributed by atoms with Gasteiger partial charge in [0.1, 0.15) is 5.54 Å². The van der Waals surface area contributed by atoms with Crippen LogP contribution in [-0.4, -0.2) is 60.9 Å². The van der Waals surface area contributed by atoms with Gasteiger partial charge in [0.2, 0.25) is 0 Å². The van der Waals surface area contributed by atoms with E-state index < -0.39 is 11.5 Å². The van der Waals surface area contributed by atoms with Crippen molar-refractivity contribution in [3.8, 4) is 0 Å². The van der Waals surface area contributed by atoms with Crippen molar-refractivity contribution >= 4 is 5.97 Å². The number of aliphatic carboxylic acids is 1. The van der Waals surface area contributed by atoms with Gasteiger partial charge in [0.15, 0.2) is 0 Å². The lowest BCUT2D eigenvalue weighted by atomic mass is 10.0. The summed E-state index contributed by atoms with van der Waals surface area (Å²) in [5.74, 6) is -0.795. The molecular weight excluding hydrogens is 220 g/mol. The van der Waals surface area contributed by atoms with Crippen molar-refractivity contribution < 1.29 is 14.6 Å². The standard InChI is InChI=1S/C12H24N2O3/c1-4-6-13-12(2,11(15)16)9-14(3)10-5-7-17-8-10/h10,13H,4-9H2,1-3H3,(H,15,16). The molecule has 0 saturated carbocycles. The number of carbonyl (C=O) groups is 1. The lowest BCUT2D eigenvalue weighted by Gasteiger charge is -2.33. The zero-order chi connectivity index (χ0) is 12.9. The molecule has 0 aromatic carbocycles. The number of hydrogen-bond acceptors (Lipinski definition) is 4. The van der Waals surface area contributed by atoms with E-state index in [0.29, 0.717) is 19.2 Å². The van der Waals surface area contributed by atoms with Crippen LogP contribution < -0.4 is 5.32 Å². The number of hydrogen-bond donors (Lipinski definition) is 2. The summed E-state index contributed by atoms with van der Waals surface area (Å²) < 4.78 is 5.32. The maximum Gasteiger partial charge on any atom is 0.324 e. The van der Waals surface area contributed by atoms with Gasteiger partial charge in [0.25, 0.3) is 0 Å². The Hall–Kier alpha value is -0.650. The van der Waals surface area contributed by atoms with Gasteiger partial charge in [-0.15, -0.1) is 0 Å². The fourth-order valence-corrected chi connectivity index (χ4v) is 2.10. The molecule has 0 radical (unpaired) electrons. The lowest BCUT2D eigenvalue weighted by molar-refractivity contribution is -0.145. The van der Waals surface area contributed by atoms with Crippen LogP contribution in [0.25, 0.3) is 0 Å². The number of carboxylic acid groups (broad SMARTS) is 1. The number of carboxylic acids is 1.